The van der Waals surface area contributed by atoms with Gasteiger partial charge in [-0.3, -0.25) is 4.98 Å². The number of benzene rings is 5. The summed E-state index contributed by atoms with van der Waals surface area (Å²) >= 11 is 1.73. The number of hydrogen-bond acceptors (Lipinski definition) is 3. The Balaban J connectivity index is 1.11. The quantitative estimate of drug-likeness (QED) is 0.195. The fraction of sp³-hybridized carbons (Fsp3) is 0.0811. The molecular weight excluding hydrogens is 533 g/mol. The van der Waals surface area contributed by atoms with Crippen molar-refractivity contribution in [2.24, 2.45) is 0 Å². The van der Waals surface area contributed by atoms with E-state index < -0.39 is 8.07 Å². The molecular formula is C37H30N2SSi. The zero-order valence-electron chi connectivity index (χ0n) is 23.4. The molecule has 0 aliphatic heterocycles. The van der Waals surface area contributed by atoms with Gasteiger partial charge < -0.3 is 0 Å². The Morgan fingerprint density at radius 2 is 1.07 bits per heavy atom. The number of pyridine rings is 1. The molecule has 0 atom stereocenters. The SMILES string of the molecule is C[Si](C)(C)c1ccc(-c2ccc(-c3ccc4cc(-c5ccc(-c6nc7ccccc7s6)cc5)cnc4c3)cc2)cc1. The van der Waals surface area contributed by atoms with Crippen molar-refractivity contribution in [2.45, 2.75) is 19.6 Å². The smallest absolute Gasteiger partial charge is 0.124 e. The van der Waals surface area contributed by atoms with Gasteiger partial charge in [-0.25, -0.2) is 4.98 Å². The summed E-state index contributed by atoms with van der Waals surface area (Å²) in [7, 11) is -1.28. The predicted octanol–water partition coefficient (Wildman–Crippen LogP) is 10.1. The van der Waals surface area contributed by atoms with Crippen LogP contribution in [0.5, 0.6) is 0 Å². The van der Waals surface area contributed by atoms with E-state index in [1.54, 1.807) is 11.3 Å². The van der Waals surface area contributed by atoms with Crippen LogP contribution in [0.4, 0.5) is 0 Å². The van der Waals surface area contributed by atoms with Gasteiger partial charge in [0.05, 0.1) is 23.8 Å². The normalized spacial score (nSPS) is 11.8. The third kappa shape index (κ3) is 5.13. The minimum atomic E-state index is -1.28. The molecule has 2 aromatic heterocycles. The maximum atomic E-state index is 4.84. The van der Waals surface area contributed by atoms with Crippen LogP contribution >= 0.6 is 11.3 Å². The van der Waals surface area contributed by atoms with Gasteiger partial charge in [0, 0.05) is 22.7 Å². The van der Waals surface area contributed by atoms with Crippen LogP contribution in [0.3, 0.4) is 0 Å². The molecule has 0 amide bonds. The summed E-state index contributed by atoms with van der Waals surface area (Å²) in [5.41, 5.74) is 10.4. The molecule has 0 saturated carbocycles. The molecule has 7 rings (SSSR count). The second-order valence-electron chi connectivity index (χ2n) is 11.6. The van der Waals surface area contributed by atoms with Crippen molar-refractivity contribution < 1.29 is 0 Å². The van der Waals surface area contributed by atoms with Gasteiger partial charge in [-0.1, -0.05) is 122 Å². The summed E-state index contributed by atoms with van der Waals surface area (Å²) in [6.07, 6.45) is 1.98. The summed E-state index contributed by atoms with van der Waals surface area (Å²) in [4.78, 5) is 9.64. The largest absolute Gasteiger partial charge is 0.256 e. The molecule has 4 heteroatoms. The van der Waals surface area contributed by atoms with Gasteiger partial charge in [0.25, 0.3) is 0 Å². The monoisotopic (exact) mass is 562 g/mol. The fourth-order valence-electron chi connectivity index (χ4n) is 5.28. The van der Waals surface area contributed by atoms with Crippen LogP contribution in [0.2, 0.25) is 19.6 Å². The van der Waals surface area contributed by atoms with Crippen LogP contribution in [0, 0.1) is 0 Å². The Morgan fingerprint density at radius 3 is 1.73 bits per heavy atom. The van der Waals surface area contributed by atoms with Gasteiger partial charge in [-0.05, 0) is 52.1 Å². The lowest BCUT2D eigenvalue weighted by Gasteiger charge is -2.16. The van der Waals surface area contributed by atoms with E-state index in [-0.39, 0.29) is 0 Å². The van der Waals surface area contributed by atoms with Crippen LogP contribution in [-0.2, 0) is 0 Å². The minimum absolute atomic E-state index is 1.00. The highest BCUT2D eigenvalue weighted by Gasteiger charge is 2.16. The van der Waals surface area contributed by atoms with E-state index in [0.29, 0.717) is 0 Å². The third-order valence-corrected chi connectivity index (χ3v) is 10.9. The Kier molecular flexibility index (Phi) is 6.38. The molecule has 0 saturated heterocycles. The van der Waals surface area contributed by atoms with E-state index in [9.17, 15) is 0 Å². The molecule has 41 heavy (non-hydrogen) atoms. The van der Waals surface area contributed by atoms with Crippen molar-refractivity contribution in [3.05, 3.63) is 128 Å². The Labute approximate surface area is 246 Å². The average Bonchev–Trinajstić information content (AvgIpc) is 3.45. The number of para-hydroxylation sites is 1. The highest BCUT2D eigenvalue weighted by atomic mass is 32.1. The third-order valence-electron chi connectivity index (χ3n) is 7.75. The van der Waals surface area contributed by atoms with E-state index >= 15 is 0 Å². The van der Waals surface area contributed by atoms with E-state index in [4.69, 9.17) is 9.97 Å². The first-order valence-corrected chi connectivity index (χ1v) is 18.3. The molecule has 2 heterocycles. The van der Waals surface area contributed by atoms with E-state index in [1.165, 1.54) is 32.1 Å². The Hall–Kier alpha value is -4.38. The van der Waals surface area contributed by atoms with E-state index in [1.807, 2.05) is 12.3 Å². The number of rotatable bonds is 5. The first-order valence-electron chi connectivity index (χ1n) is 14.0. The minimum Gasteiger partial charge on any atom is -0.256 e. The van der Waals surface area contributed by atoms with Crippen molar-refractivity contribution in [1.29, 1.82) is 0 Å². The van der Waals surface area contributed by atoms with Crippen LogP contribution in [0.15, 0.2) is 128 Å². The zero-order chi connectivity index (χ0) is 28.0. The Morgan fingerprint density at radius 1 is 0.512 bits per heavy atom. The number of nitrogens with zero attached hydrogens (tertiary/aromatic N) is 2. The van der Waals surface area contributed by atoms with Gasteiger partial charge >= 0.3 is 0 Å². The summed E-state index contributed by atoms with van der Waals surface area (Å²) in [6.45, 7) is 7.16. The molecule has 7 aromatic rings. The highest BCUT2D eigenvalue weighted by Crippen LogP contribution is 2.33. The first-order chi connectivity index (χ1) is 19.9. The standard InChI is InChI=1S/C37H30N2SSi/c1-41(2,3)33-20-18-26(19-21-33)25-8-10-27(11-9-25)30-16-17-31-22-32(24-38-35(31)23-30)28-12-14-29(15-13-28)37-39-34-6-4-5-7-36(34)40-37/h4-24H,1-3H3. The lowest BCUT2D eigenvalue weighted by molar-refractivity contribution is 1.40. The first kappa shape index (κ1) is 25.6. The van der Waals surface area contributed by atoms with Crippen molar-refractivity contribution in [3.63, 3.8) is 0 Å². The molecule has 0 radical (unpaired) electrons. The lowest BCUT2D eigenvalue weighted by Crippen LogP contribution is -2.37. The number of aromatic nitrogens is 2. The second kappa shape index (κ2) is 10.2. The number of thiazole rings is 1. The van der Waals surface area contributed by atoms with Crippen molar-refractivity contribution in [1.82, 2.24) is 9.97 Å². The van der Waals surface area contributed by atoms with Crippen LogP contribution in [0.1, 0.15) is 0 Å². The predicted molar refractivity (Wildman–Crippen MR) is 180 cm³/mol. The number of fused-ring (bicyclic) bond motifs is 2. The molecule has 0 unspecified atom stereocenters. The van der Waals surface area contributed by atoms with Gasteiger partial charge in [0.2, 0.25) is 0 Å². The zero-order valence-corrected chi connectivity index (χ0v) is 25.2. The molecule has 0 bridgehead atoms. The van der Waals surface area contributed by atoms with Crippen LogP contribution < -0.4 is 5.19 Å². The van der Waals surface area contributed by atoms with Gasteiger partial charge in [0.15, 0.2) is 0 Å². The van der Waals surface area contributed by atoms with Crippen molar-refractivity contribution in [2.75, 3.05) is 0 Å². The average molecular weight is 563 g/mol. The summed E-state index contributed by atoms with van der Waals surface area (Å²) in [5, 5.41) is 3.68. The van der Waals surface area contributed by atoms with Crippen molar-refractivity contribution >= 4 is 45.7 Å². The van der Waals surface area contributed by atoms with E-state index in [0.717, 1.165) is 38.1 Å². The van der Waals surface area contributed by atoms with Gasteiger partial charge in [0.1, 0.15) is 5.01 Å². The maximum absolute atomic E-state index is 4.84. The topological polar surface area (TPSA) is 25.8 Å². The Bertz CT molecular complexity index is 1970. The van der Waals surface area contributed by atoms with Gasteiger partial charge in [-0.2, -0.15) is 0 Å². The lowest BCUT2D eigenvalue weighted by atomic mass is 9.98. The van der Waals surface area contributed by atoms with E-state index in [2.05, 4.69) is 135 Å². The molecule has 2 nitrogen and oxygen atoms in total. The van der Waals surface area contributed by atoms with Gasteiger partial charge in [-0.15, -0.1) is 11.3 Å². The number of hydrogen-bond donors (Lipinski definition) is 0. The molecule has 0 N–H and O–H groups in total. The highest BCUT2D eigenvalue weighted by molar-refractivity contribution is 7.21. The molecule has 0 aliphatic rings. The second-order valence-corrected chi connectivity index (χ2v) is 17.7. The van der Waals surface area contributed by atoms with Crippen molar-refractivity contribution in [3.8, 4) is 44.0 Å². The molecule has 5 aromatic carbocycles. The summed E-state index contributed by atoms with van der Waals surface area (Å²) in [6, 6.07) is 43.7. The molecule has 0 spiro atoms. The summed E-state index contributed by atoms with van der Waals surface area (Å²) < 4.78 is 1.22. The maximum Gasteiger partial charge on any atom is 0.124 e. The molecule has 198 valence electrons. The molecule has 0 aliphatic carbocycles. The molecule has 0 fully saturated rings. The van der Waals surface area contributed by atoms with Crippen LogP contribution in [-0.4, -0.2) is 18.0 Å². The van der Waals surface area contributed by atoms with Crippen LogP contribution in [0.25, 0.3) is 65.1 Å². The fourth-order valence-corrected chi connectivity index (χ4v) is 7.42. The summed E-state index contributed by atoms with van der Waals surface area (Å²) in [5.74, 6) is 0.